The van der Waals surface area contributed by atoms with Crippen LogP contribution >= 0.6 is 11.3 Å². The topological polar surface area (TPSA) is 72.4 Å². The first-order chi connectivity index (χ1) is 11.9. The van der Waals surface area contributed by atoms with Crippen LogP contribution in [0.4, 0.5) is 0 Å². The fraction of sp³-hybridized carbons (Fsp3) is 0.529. The predicted molar refractivity (Wildman–Crippen MR) is 97.6 cm³/mol. The van der Waals surface area contributed by atoms with E-state index in [4.69, 9.17) is 4.74 Å². The van der Waals surface area contributed by atoms with Crippen molar-refractivity contribution in [2.45, 2.75) is 50.3 Å². The molecule has 2 aromatic heterocycles. The van der Waals surface area contributed by atoms with E-state index in [1.165, 1.54) is 11.3 Å². The Labute approximate surface area is 152 Å². The maximum atomic E-state index is 12.7. The highest BCUT2D eigenvalue weighted by molar-refractivity contribution is 7.91. The summed E-state index contributed by atoms with van der Waals surface area (Å²) in [5, 5.41) is 0. The molecule has 2 aromatic rings. The molecule has 3 rings (SSSR count). The van der Waals surface area contributed by atoms with Gasteiger partial charge in [-0.15, -0.1) is 11.3 Å². The predicted octanol–water partition coefficient (Wildman–Crippen LogP) is 2.95. The first-order valence-corrected chi connectivity index (χ1v) is 10.7. The second kappa shape index (κ2) is 7.39. The zero-order valence-electron chi connectivity index (χ0n) is 14.7. The van der Waals surface area contributed by atoms with Crippen LogP contribution in [-0.2, 0) is 16.4 Å². The normalized spacial score (nSPS) is 16.9. The first kappa shape index (κ1) is 18.3. The second-order valence-corrected chi connectivity index (χ2v) is 9.52. The molecule has 6 nitrogen and oxygen atoms in total. The van der Waals surface area contributed by atoms with Crippen molar-refractivity contribution in [2.24, 2.45) is 0 Å². The van der Waals surface area contributed by atoms with Crippen LogP contribution in [0.1, 0.15) is 36.2 Å². The molecule has 0 aliphatic carbocycles. The molecule has 0 spiro atoms. The van der Waals surface area contributed by atoms with Gasteiger partial charge in [-0.05, 0) is 45.2 Å². The molecule has 1 saturated heterocycles. The quantitative estimate of drug-likeness (QED) is 0.796. The van der Waals surface area contributed by atoms with Gasteiger partial charge in [0.05, 0.1) is 0 Å². The van der Waals surface area contributed by atoms with E-state index in [0.717, 1.165) is 17.0 Å². The van der Waals surface area contributed by atoms with Gasteiger partial charge in [-0.2, -0.15) is 9.29 Å². The number of aryl methyl sites for hydroxylation is 3. The first-order valence-electron chi connectivity index (χ1n) is 8.46. The lowest BCUT2D eigenvalue weighted by molar-refractivity contribution is 0.129. The number of piperidine rings is 1. The number of hydrogen-bond donors (Lipinski definition) is 0. The molecule has 0 saturated carbocycles. The zero-order chi connectivity index (χ0) is 18.0. The van der Waals surface area contributed by atoms with Crippen molar-refractivity contribution in [1.29, 1.82) is 0 Å². The van der Waals surface area contributed by atoms with Gasteiger partial charge < -0.3 is 4.74 Å². The number of rotatable bonds is 5. The molecule has 25 heavy (non-hydrogen) atoms. The van der Waals surface area contributed by atoms with Gasteiger partial charge in [-0.1, -0.05) is 6.92 Å². The Bertz CT molecular complexity index is 820. The molecule has 0 radical (unpaired) electrons. The Morgan fingerprint density at radius 3 is 2.56 bits per heavy atom. The van der Waals surface area contributed by atoms with Gasteiger partial charge in [0.1, 0.15) is 16.1 Å². The van der Waals surface area contributed by atoms with E-state index < -0.39 is 10.0 Å². The highest BCUT2D eigenvalue weighted by atomic mass is 32.2. The van der Waals surface area contributed by atoms with E-state index in [2.05, 4.69) is 9.97 Å². The molecule has 0 unspecified atom stereocenters. The summed E-state index contributed by atoms with van der Waals surface area (Å²) in [6, 6.07) is 5.43. The highest BCUT2D eigenvalue weighted by Gasteiger charge is 2.31. The Morgan fingerprint density at radius 1 is 1.24 bits per heavy atom. The Hall–Kier alpha value is -1.51. The van der Waals surface area contributed by atoms with Crippen molar-refractivity contribution in [3.8, 4) is 5.88 Å². The van der Waals surface area contributed by atoms with Crippen molar-refractivity contribution < 1.29 is 13.2 Å². The third kappa shape index (κ3) is 4.19. The average Bonchev–Trinajstić information content (AvgIpc) is 3.04. The number of aromatic nitrogens is 2. The van der Waals surface area contributed by atoms with E-state index in [-0.39, 0.29) is 6.10 Å². The highest BCUT2D eigenvalue weighted by Crippen LogP contribution is 2.28. The molecular weight excluding hydrogens is 358 g/mol. The summed E-state index contributed by atoms with van der Waals surface area (Å²) in [4.78, 5) is 9.62. The molecule has 3 heterocycles. The lowest BCUT2D eigenvalue weighted by atomic mass is 10.1. The van der Waals surface area contributed by atoms with Gasteiger partial charge in [0.15, 0.2) is 0 Å². The summed E-state index contributed by atoms with van der Waals surface area (Å²) >= 11 is 1.36. The van der Waals surface area contributed by atoms with Crippen LogP contribution in [-0.4, -0.2) is 41.9 Å². The van der Waals surface area contributed by atoms with E-state index in [0.29, 0.717) is 41.8 Å². The average molecular weight is 382 g/mol. The van der Waals surface area contributed by atoms with Gasteiger partial charge in [-0.25, -0.2) is 13.4 Å². The number of thiophene rings is 1. The van der Waals surface area contributed by atoms with Crippen molar-refractivity contribution in [2.75, 3.05) is 13.1 Å². The Balaban J connectivity index is 1.63. The zero-order valence-corrected chi connectivity index (χ0v) is 16.4. The molecule has 8 heteroatoms. The summed E-state index contributed by atoms with van der Waals surface area (Å²) in [6.07, 6.45) is 2.16. The maximum absolute atomic E-state index is 12.7. The van der Waals surface area contributed by atoms with Crippen molar-refractivity contribution >= 4 is 21.4 Å². The maximum Gasteiger partial charge on any atom is 0.252 e. The van der Waals surface area contributed by atoms with Crippen molar-refractivity contribution in [3.63, 3.8) is 0 Å². The number of nitrogens with zero attached hydrogens (tertiary/aromatic N) is 3. The van der Waals surface area contributed by atoms with E-state index in [1.54, 1.807) is 10.4 Å². The molecular formula is C17H23N3O3S2. The van der Waals surface area contributed by atoms with Crippen LogP contribution in [0, 0.1) is 13.8 Å². The van der Waals surface area contributed by atoms with E-state index in [1.807, 2.05) is 32.9 Å². The van der Waals surface area contributed by atoms with Crippen LogP contribution in [0.5, 0.6) is 5.88 Å². The molecule has 1 aliphatic rings. The van der Waals surface area contributed by atoms with Gasteiger partial charge >= 0.3 is 0 Å². The second-order valence-electron chi connectivity index (χ2n) is 6.19. The fourth-order valence-electron chi connectivity index (χ4n) is 2.92. The van der Waals surface area contributed by atoms with Crippen LogP contribution < -0.4 is 4.74 Å². The monoisotopic (exact) mass is 381 g/mol. The summed E-state index contributed by atoms with van der Waals surface area (Å²) in [5.41, 5.74) is 0.868. The number of hydrogen-bond acceptors (Lipinski definition) is 6. The summed E-state index contributed by atoms with van der Waals surface area (Å²) < 4.78 is 33.4. The molecule has 0 bridgehead atoms. The van der Waals surface area contributed by atoms with Crippen molar-refractivity contribution in [1.82, 2.24) is 14.3 Å². The molecule has 136 valence electrons. The lowest BCUT2D eigenvalue weighted by Gasteiger charge is -2.30. The SMILES string of the molecule is CCc1ccc(S(=O)(=O)N2CCC(Oc3cc(C)nc(C)n3)CC2)s1. The summed E-state index contributed by atoms with van der Waals surface area (Å²) in [7, 11) is -3.39. The Kier molecular flexibility index (Phi) is 5.41. The van der Waals surface area contributed by atoms with Crippen LogP contribution in [0.25, 0.3) is 0 Å². The molecule has 0 atom stereocenters. The Morgan fingerprint density at radius 2 is 1.96 bits per heavy atom. The standard InChI is InChI=1S/C17H23N3O3S2/c1-4-15-5-6-17(24-15)25(21,22)20-9-7-14(8-10-20)23-16-11-12(2)18-13(3)19-16/h5-6,11,14H,4,7-10H2,1-3H3. The molecule has 0 N–H and O–H groups in total. The molecule has 1 aliphatic heterocycles. The van der Waals surface area contributed by atoms with Crippen LogP contribution in [0.15, 0.2) is 22.4 Å². The van der Waals surface area contributed by atoms with E-state index >= 15 is 0 Å². The minimum atomic E-state index is -3.39. The number of ether oxygens (including phenoxy) is 1. The minimum absolute atomic E-state index is 0.0188. The third-order valence-electron chi connectivity index (χ3n) is 4.21. The smallest absolute Gasteiger partial charge is 0.252 e. The van der Waals surface area contributed by atoms with Crippen molar-refractivity contribution in [3.05, 3.63) is 34.6 Å². The van der Waals surface area contributed by atoms with Gasteiger partial charge in [-0.3, -0.25) is 0 Å². The molecule has 0 amide bonds. The van der Waals surface area contributed by atoms with Gasteiger partial charge in [0.25, 0.3) is 10.0 Å². The largest absolute Gasteiger partial charge is 0.474 e. The molecule has 0 aromatic carbocycles. The van der Waals surface area contributed by atoms with Crippen LogP contribution in [0.3, 0.4) is 0 Å². The fourth-order valence-corrected chi connectivity index (χ4v) is 5.84. The van der Waals surface area contributed by atoms with E-state index in [9.17, 15) is 8.42 Å². The number of sulfonamides is 1. The third-order valence-corrected chi connectivity index (χ3v) is 7.81. The van der Waals surface area contributed by atoms with Gasteiger partial charge in [0, 0.05) is 29.7 Å². The summed E-state index contributed by atoms with van der Waals surface area (Å²) in [6.45, 7) is 6.70. The summed E-state index contributed by atoms with van der Waals surface area (Å²) in [5.74, 6) is 1.25. The molecule has 1 fully saturated rings. The van der Waals surface area contributed by atoms with Crippen LogP contribution in [0.2, 0.25) is 0 Å². The van der Waals surface area contributed by atoms with Gasteiger partial charge in [0.2, 0.25) is 5.88 Å². The lowest BCUT2D eigenvalue weighted by Crippen LogP contribution is -2.41. The minimum Gasteiger partial charge on any atom is -0.474 e.